The highest BCUT2D eigenvalue weighted by atomic mass is 32.1. The molecule has 0 atom stereocenters. The van der Waals surface area contributed by atoms with Crippen molar-refractivity contribution >= 4 is 46.3 Å². The van der Waals surface area contributed by atoms with Crippen molar-refractivity contribution in [3.63, 3.8) is 0 Å². The van der Waals surface area contributed by atoms with Gasteiger partial charge in [-0.25, -0.2) is 15.0 Å². The molecule has 0 bridgehead atoms. The van der Waals surface area contributed by atoms with Crippen LogP contribution in [-0.2, 0) is 27.2 Å². The summed E-state index contributed by atoms with van der Waals surface area (Å²) in [4.78, 5) is 50.5. The van der Waals surface area contributed by atoms with Crippen LogP contribution in [0.25, 0.3) is 0 Å². The van der Waals surface area contributed by atoms with E-state index in [1.807, 2.05) is 0 Å². The van der Waals surface area contributed by atoms with Crippen LogP contribution in [0.3, 0.4) is 0 Å². The Hall–Kier alpha value is -4.51. The Morgan fingerprint density at radius 3 is 2.43 bits per heavy atom. The fourth-order valence-electron chi connectivity index (χ4n) is 3.75. The SMILES string of the molecule is COC(=O)c1c(NC(=O)C(=O)N/N=C/c2ccccc2OC(=O)c2ccc(OC)cc2)sc2c1CCC2. The Morgan fingerprint density at radius 2 is 1.70 bits per heavy atom. The van der Waals surface area contributed by atoms with Gasteiger partial charge < -0.3 is 19.5 Å². The molecule has 4 rings (SSSR count). The lowest BCUT2D eigenvalue weighted by Gasteiger charge is -2.08. The van der Waals surface area contributed by atoms with Crippen molar-refractivity contribution in [1.29, 1.82) is 0 Å². The number of anilines is 1. The monoisotopic (exact) mass is 521 g/mol. The van der Waals surface area contributed by atoms with E-state index in [1.54, 1.807) is 48.5 Å². The van der Waals surface area contributed by atoms with Gasteiger partial charge in [0.1, 0.15) is 16.5 Å². The molecule has 1 aliphatic rings. The number of thiophene rings is 1. The fraction of sp³-hybridized carbons (Fsp3) is 0.192. The second kappa shape index (κ2) is 11.5. The van der Waals surface area contributed by atoms with E-state index < -0.39 is 23.8 Å². The third-order valence-corrected chi connectivity index (χ3v) is 6.77. The van der Waals surface area contributed by atoms with Gasteiger partial charge in [0.2, 0.25) is 0 Å². The van der Waals surface area contributed by atoms with E-state index in [0.29, 0.717) is 23.3 Å². The number of carbonyl (C=O) groups excluding carboxylic acids is 4. The molecule has 2 amide bonds. The van der Waals surface area contributed by atoms with Gasteiger partial charge in [-0.3, -0.25) is 9.59 Å². The molecule has 1 aromatic heterocycles. The molecule has 3 aromatic rings. The molecule has 0 radical (unpaired) electrons. The van der Waals surface area contributed by atoms with Gasteiger partial charge in [0.05, 0.1) is 31.6 Å². The maximum atomic E-state index is 12.5. The van der Waals surface area contributed by atoms with Crippen LogP contribution in [-0.4, -0.2) is 44.2 Å². The summed E-state index contributed by atoms with van der Waals surface area (Å²) in [5, 5.41) is 6.57. The van der Waals surface area contributed by atoms with E-state index in [1.165, 1.54) is 31.8 Å². The standard InChI is InChI=1S/C26H23N3O7S/c1-34-17-12-10-15(11-13-17)25(32)36-19-8-4-3-6-16(19)14-27-29-23(31)22(30)28-24-21(26(33)35-2)18-7-5-9-20(18)37-24/h3-4,6,8,10-14H,5,7,9H2,1-2H3,(H,28,30)(H,29,31)/b27-14+. The van der Waals surface area contributed by atoms with Gasteiger partial charge in [-0.2, -0.15) is 5.10 Å². The van der Waals surface area contributed by atoms with Crippen molar-refractivity contribution < 1.29 is 33.4 Å². The molecule has 1 heterocycles. The first-order valence-corrected chi connectivity index (χ1v) is 12.1. The minimum Gasteiger partial charge on any atom is -0.497 e. The predicted octanol–water partition coefficient (Wildman–Crippen LogP) is 3.34. The molecule has 0 fully saturated rings. The van der Waals surface area contributed by atoms with Crippen LogP contribution in [0.1, 0.15) is 43.1 Å². The molecule has 10 nitrogen and oxygen atoms in total. The highest BCUT2D eigenvalue weighted by Gasteiger charge is 2.29. The number of aryl methyl sites for hydroxylation is 1. The largest absolute Gasteiger partial charge is 0.497 e. The number of esters is 2. The number of amides is 2. The molecular formula is C26H23N3O7S. The first-order valence-electron chi connectivity index (χ1n) is 11.2. The summed E-state index contributed by atoms with van der Waals surface area (Å²) in [6, 6.07) is 13.0. The second-order valence-electron chi connectivity index (χ2n) is 7.86. The van der Waals surface area contributed by atoms with Gasteiger partial charge in [-0.15, -0.1) is 11.3 Å². The van der Waals surface area contributed by atoms with E-state index in [9.17, 15) is 19.2 Å². The summed E-state index contributed by atoms with van der Waals surface area (Å²) in [6.45, 7) is 0. The number of para-hydroxylation sites is 1. The molecule has 0 spiro atoms. The molecule has 1 aliphatic carbocycles. The van der Waals surface area contributed by atoms with Gasteiger partial charge in [0.25, 0.3) is 0 Å². The highest BCUT2D eigenvalue weighted by molar-refractivity contribution is 7.17. The Bertz CT molecular complexity index is 1380. The third-order valence-electron chi connectivity index (χ3n) is 5.56. The molecule has 2 aromatic carbocycles. The van der Waals surface area contributed by atoms with Crippen LogP contribution in [0.4, 0.5) is 5.00 Å². The topological polar surface area (TPSA) is 132 Å². The lowest BCUT2D eigenvalue weighted by atomic mass is 10.1. The molecule has 0 unspecified atom stereocenters. The second-order valence-corrected chi connectivity index (χ2v) is 8.97. The van der Waals surface area contributed by atoms with E-state index in [-0.39, 0.29) is 16.3 Å². The van der Waals surface area contributed by atoms with Crippen LogP contribution >= 0.6 is 11.3 Å². The fourth-order valence-corrected chi connectivity index (χ4v) is 5.02. The number of hydrogen-bond donors (Lipinski definition) is 2. The lowest BCUT2D eigenvalue weighted by molar-refractivity contribution is -0.136. The van der Waals surface area contributed by atoms with Gasteiger partial charge in [0.15, 0.2) is 0 Å². The normalized spacial score (nSPS) is 12.1. The minimum atomic E-state index is -1.03. The van der Waals surface area contributed by atoms with Gasteiger partial charge in [-0.05, 0) is 61.2 Å². The number of nitrogens with zero attached hydrogens (tertiary/aromatic N) is 1. The van der Waals surface area contributed by atoms with Gasteiger partial charge >= 0.3 is 23.8 Å². The number of methoxy groups -OCH3 is 2. The van der Waals surface area contributed by atoms with E-state index in [0.717, 1.165) is 23.3 Å². The van der Waals surface area contributed by atoms with Gasteiger partial charge in [-0.1, -0.05) is 12.1 Å². The van der Waals surface area contributed by atoms with Crippen molar-refractivity contribution in [3.8, 4) is 11.5 Å². The molecule has 11 heteroatoms. The molecule has 37 heavy (non-hydrogen) atoms. The van der Waals surface area contributed by atoms with Crippen LogP contribution < -0.4 is 20.2 Å². The molecule has 0 saturated carbocycles. The number of fused-ring (bicyclic) bond motifs is 1. The number of nitrogens with one attached hydrogen (secondary N) is 2. The van der Waals surface area contributed by atoms with Crippen molar-refractivity contribution in [2.45, 2.75) is 19.3 Å². The van der Waals surface area contributed by atoms with Crippen molar-refractivity contribution in [2.75, 3.05) is 19.5 Å². The summed E-state index contributed by atoms with van der Waals surface area (Å²) in [5.74, 6) is -2.35. The zero-order valence-electron chi connectivity index (χ0n) is 20.0. The van der Waals surface area contributed by atoms with Crippen LogP contribution in [0, 0.1) is 0 Å². The maximum Gasteiger partial charge on any atom is 0.343 e. The number of carbonyl (C=O) groups is 4. The molecule has 0 saturated heterocycles. The van der Waals surface area contributed by atoms with Gasteiger partial charge in [0, 0.05) is 10.4 Å². The van der Waals surface area contributed by atoms with E-state index >= 15 is 0 Å². The summed E-state index contributed by atoms with van der Waals surface area (Å²) in [7, 11) is 2.79. The zero-order valence-corrected chi connectivity index (χ0v) is 20.8. The number of rotatable bonds is 7. The van der Waals surface area contributed by atoms with Crippen molar-refractivity contribution in [2.24, 2.45) is 5.10 Å². The molecule has 2 N–H and O–H groups in total. The van der Waals surface area contributed by atoms with Crippen LogP contribution in [0.2, 0.25) is 0 Å². The predicted molar refractivity (Wildman–Crippen MR) is 136 cm³/mol. The summed E-state index contributed by atoms with van der Waals surface area (Å²) < 4.78 is 15.4. The summed E-state index contributed by atoms with van der Waals surface area (Å²) in [6.07, 6.45) is 3.69. The van der Waals surface area contributed by atoms with Crippen LogP contribution in [0.5, 0.6) is 11.5 Å². The summed E-state index contributed by atoms with van der Waals surface area (Å²) >= 11 is 1.26. The van der Waals surface area contributed by atoms with Crippen molar-refractivity contribution in [3.05, 3.63) is 75.7 Å². The number of ether oxygens (including phenoxy) is 3. The van der Waals surface area contributed by atoms with E-state index in [4.69, 9.17) is 14.2 Å². The minimum absolute atomic E-state index is 0.210. The maximum absolute atomic E-state index is 12.5. The Kier molecular flexibility index (Phi) is 7.94. The molecule has 0 aliphatic heterocycles. The number of benzene rings is 2. The average molecular weight is 522 g/mol. The third kappa shape index (κ3) is 5.84. The van der Waals surface area contributed by atoms with Crippen LogP contribution in [0.15, 0.2) is 53.6 Å². The number of hydrazone groups is 1. The molecule has 190 valence electrons. The highest BCUT2D eigenvalue weighted by Crippen LogP contribution is 2.39. The first-order chi connectivity index (χ1) is 17.9. The quantitative estimate of drug-likeness (QED) is 0.160. The number of hydrogen-bond acceptors (Lipinski definition) is 9. The average Bonchev–Trinajstić information content (AvgIpc) is 3.50. The Morgan fingerprint density at radius 1 is 0.946 bits per heavy atom. The van der Waals surface area contributed by atoms with E-state index in [2.05, 4.69) is 15.8 Å². The Labute approximate surface area is 216 Å². The molecular weight excluding hydrogens is 498 g/mol. The summed E-state index contributed by atoms with van der Waals surface area (Å²) in [5.41, 5.74) is 4.00. The Balaban J connectivity index is 1.39. The smallest absolute Gasteiger partial charge is 0.343 e. The lowest BCUT2D eigenvalue weighted by Crippen LogP contribution is -2.32. The zero-order chi connectivity index (χ0) is 26.4. The first kappa shape index (κ1) is 25.6. The van der Waals surface area contributed by atoms with Crippen molar-refractivity contribution in [1.82, 2.24) is 5.43 Å².